The van der Waals surface area contributed by atoms with E-state index in [4.69, 9.17) is 40.4 Å². The van der Waals surface area contributed by atoms with Crippen molar-refractivity contribution >= 4 is 46.6 Å². The lowest BCUT2D eigenvalue weighted by Crippen LogP contribution is -2.40. The van der Waals surface area contributed by atoms with E-state index in [1.807, 2.05) is 0 Å². The first kappa shape index (κ1) is 16.9. The summed E-state index contributed by atoms with van der Waals surface area (Å²) in [6.45, 7) is -2.55. The zero-order chi connectivity index (χ0) is 23.4. The van der Waals surface area contributed by atoms with Gasteiger partial charge in [-0.25, -0.2) is 4.98 Å². The van der Waals surface area contributed by atoms with Gasteiger partial charge in [0.25, 0.3) is 0 Å². The third kappa shape index (κ3) is 4.38. The van der Waals surface area contributed by atoms with Crippen molar-refractivity contribution in [2.24, 2.45) is 0 Å². The van der Waals surface area contributed by atoms with E-state index in [0.29, 0.717) is 0 Å². The fraction of sp³-hybridized carbons (Fsp3) is 0.500. The quantitative estimate of drug-likeness (QED) is 0.397. The molecule has 0 radical (unpaired) electrons. The van der Waals surface area contributed by atoms with Gasteiger partial charge in [-0.2, -0.15) is 9.97 Å². The van der Waals surface area contributed by atoms with Crippen molar-refractivity contribution in [3.63, 3.8) is 0 Å². The predicted molar refractivity (Wildman–Crippen MR) is 96.4 cm³/mol. The Morgan fingerprint density at radius 3 is 2.59 bits per heavy atom. The lowest BCUT2D eigenvalue weighted by atomic mass is 10.1. The Morgan fingerprint density at radius 2 is 1.90 bits per heavy atom. The van der Waals surface area contributed by atoms with Crippen molar-refractivity contribution in [3.8, 4) is 0 Å². The Hall–Kier alpha value is -2.99. The van der Waals surface area contributed by atoms with Crippen LogP contribution in [0.15, 0.2) is 6.33 Å². The van der Waals surface area contributed by atoms with Gasteiger partial charge >= 0.3 is 17.9 Å². The van der Waals surface area contributed by atoms with E-state index in [9.17, 15) is 14.4 Å². The molecule has 3 heterocycles. The van der Waals surface area contributed by atoms with Crippen LogP contribution < -0.4 is 5.73 Å². The van der Waals surface area contributed by atoms with Gasteiger partial charge in [0.05, 0.1) is 6.33 Å². The van der Waals surface area contributed by atoms with E-state index in [2.05, 4.69) is 15.0 Å². The molecule has 1 aliphatic rings. The number of ether oxygens (including phenoxy) is 4. The van der Waals surface area contributed by atoms with Gasteiger partial charge < -0.3 is 24.7 Å². The van der Waals surface area contributed by atoms with Gasteiger partial charge in [-0.15, -0.1) is 0 Å². The minimum absolute atomic E-state index is 0.0398. The monoisotopic (exact) mass is 430 g/mol. The van der Waals surface area contributed by atoms with Crippen LogP contribution in [0.25, 0.3) is 11.2 Å². The maximum absolute atomic E-state index is 11.9. The summed E-state index contributed by atoms with van der Waals surface area (Å²) < 4.78 is 44.2. The Labute approximate surface area is 173 Å². The standard InChI is InChI=1S/C16H18ClN5O7/c1-6(23)26-4-9-11(27-7(2)24)12(28-8(3)25)15(29-9)22-5-19-10-13(17)20-16(18)21-14(10)22/h5,9,11-12,15H,4H2,1-3H3,(H2,18,20,21)/t9-,11-,12-,15?/m1/s1/i1D,2D,3D. The van der Waals surface area contributed by atoms with Gasteiger partial charge in [-0.05, 0) is 0 Å². The number of hydrogen-bond donors (Lipinski definition) is 1. The summed E-state index contributed by atoms with van der Waals surface area (Å²) in [5.74, 6) is -2.92. The number of rotatable bonds is 5. The van der Waals surface area contributed by atoms with Crippen LogP contribution >= 0.6 is 11.6 Å². The van der Waals surface area contributed by atoms with E-state index in [1.165, 1.54) is 10.9 Å². The number of halogens is 1. The fourth-order valence-electron chi connectivity index (χ4n) is 2.90. The molecule has 0 saturated carbocycles. The van der Waals surface area contributed by atoms with Gasteiger partial charge in [0, 0.05) is 24.8 Å². The molecule has 29 heavy (non-hydrogen) atoms. The van der Waals surface area contributed by atoms with Gasteiger partial charge in [0.2, 0.25) is 5.95 Å². The van der Waals surface area contributed by atoms with E-state index in [1.54, 1.807) is 0 Å². The normalized spacial score (nSPS) is 25.1. The van der Waals surface area contributed by atoms with E-state index in [0.717, 1.165) is 0 Å². The molecule has 1 saturated heterocycles. The highest BCUT2D eigenvalue weighted by Crippen LogP contribution is 2.36. The minimum Gasteiger partial charge on any atom is -0.463 e. The Morgan fingerprint density at radius 1 is 1.21 bits per heavy atom. The molecule has 0 aliphatic carbocycles. The van der Waals surface area contributed by atoms with Crippen LogP contribution in [0.2, 0.25) is 5.15 Å². The molecule has 0 amide bonds. The molecule has 3 rings (SSSR count). The van der Waals surface area contributed by atoms with Gasteiger partial charge in [-0.1, -0.05) is 11.6 Å². The fourth-order valence-corrected chi connectivity index (χ4v) is 3.12. The molecule has 0 bridgehead atoms. The van der Waals surface area contributed by atoms with Crippen LogP contribution in [0.1, 0.15) is 31.0 Å². The lowest BCUT2D eigenvalue weighted by Gasteiger charge is -2.23. The van der Waals surface area contributed by atoms with Crippen molar-refractivity contribution in [2.75, 3.05) is 12.3 Å². The van der Waals surface area contributed by atoms with Crippen molar-refractivity contribution in [1.82, 2.24) is 19.5 Å². The summed E-state index contributed by atoms with van der Waals surface area (Å²) in [4.78, 5) is 47.2. The highest BCUT2D eigenvalue weighted by Gasteiger charge is 2.51. The van der Waals surface area contributed by atoms with E-state index < -0.39 is 69.8 Å². The summed E-state index contributed by atoms with van der Waals surface area (Å²) >= 11 is 6.05. The molecule has 2 aromatic heterocycles. The summed E-state index contributed by atoms with van der Waals surface area (Å²) in [5.41, 5.74) is 5.94. The van der Waals surface area contributed by atoms with E-state index in [-0.39, 0.29) is 22.3 Å². The number of esters is 3. The zero-order valence-electron chi connectivity index (χ0n) is 17.8. The Bertz CT molecular complexity index is 1030. The van der Waals surface area contributed by atoms with Crippen molar-refractivity contribution < 1.29 is 37.4 Å². The number of carbonyl (C=O) groups excluding carboxylic acids is 3. The largest absolute Gasteiger partial charge is 0.463 e. The number of hydrogen-bond acceptors (Lipinski definition) is 11. The Kier molecular flexibility index (Phi) is 4.77. The minimum atomic E-state index is -1.32. The molecule has 2 aromatic rings. The summed E-state index contributed by atoms with van der Waals surface area (Å²) in [6.07, 6.45) is -3.71. The Balaban J connectivity index is 2.03. The summed E-state index contributed by atoms with van der Waals surface area (Å²) in [7, 11) is 0. The van der Waals surface area contributed by atoms with E-state index >= 15 is 0 Å². The average molecular weight is 431 g/mol. The van der Waals surface area contributed by atoms with Crippen molar-refractivity contribution in [2.45, 2.75) is 45.2 Å². The molecule has 1 fully saturated rings. The van der Waals surface area contributed by atoms with Crippen LogP contribution in [-0.2, 0) is 33.3 Å². The second-order valence-corrected chi connectivity index (χ2v) is 6.21. The zero-order valence-corrected chi connectivity index (χ0v) is 15.6. The molecule has 0 spiro atoms. The van der Waals surface area contributed by atoms with Crippen LogP contribution in [0, 0.1) is 0 Å². The number of nitrogens with zero attached hydrogens (tertiary/aromatic N) is 4. The third-order valence-corrected chi connectivity index (χ3v) is 4.16. The highest BCUT2D eigenvalue weighted by molar-refractivity contribution is 6.33. The first-order valence-electron chi connectivity index (χ1n) is 10.1. The molecule has 1 aliphatic heterocycles. The van der Waals surface area contributed by atoms with Gasteiger partial charge in [-0.3, -0.25) is 19.0 Å². The summed E-state index contributed by atoms with van der Waals surface area (Å²) in [5, 5.41) is -0.0398. The average Bonchev–Trinajstić information content (AvgIpc) is 3.33. The smallest absolute Gasteiger partial charge is 0.303 e. The number of nitrogen functional groups attached to an aromatic ring is 1. The van der Waals surface area contributed by atoms with Crippen LogP contribution in [-0.4, -0.2) is 62.3 Å². The molecular weight excluding hydrogens is 410 g/mol. The predicted octanol–water partition coefficient (Wildman–Crippen LogP) is 0.386. The molecule has 1 unspecified atom stereocenters. The molecule has 13 heteroatoms. The van der Waals surface area contributed by atoms with Crippen molar-refractivity contribution in [3.05, 3.63) is 11.5 Å². The van der Waals surface area contributed by atoms with Crippen LogP contribution in [0.4, 0.5) is 5.95 Å². The molecule has 156 valence electrons. The number of carbonyl (C=O) groups is 3. The van der Waals surface area contributed by atoms with Gasteiger partial charge in [0.15, 0.2) is 29.2 Å². The molecule has 4 atom stereocenters. The molecular formula is C16H18ClN5O7. The molecule has 0 aromatic carbocycles. The molecule has 12 nitrogen and oxygen atoms in total. The lowest BCUT2D eigenvalue weighted by molar-refractivity contribution is -0.166. The maximum atomic E-state index is 11.9. The van der Waals surface area contributed by atoms with Crippen molar-refractivity contribution in [1.29, 1.82) is 0 Å². The first-order chi connectivity index (χ1) is 15.3. The highest BCUT2D eigenvalue weighted by atomic mass is 35.5. The number of aromatic nitrogens is 4. The first-order valence-corrected chi connectivity index (χ1v) is 8.40. The van der Waals surface area contributed by atoms with Gasteiger partial charge in [0.1, 0.15) is 18.2 Å². The number of anilines is 1. The summed E-state index contributed by atoms with van der Waals surface area (Å²) in [6, 6.07) is 0. The third-order valence-electron chi connectivity index (χ3n) is 3.90. The second-order valence-electron chi connectivity index (χ2n) is 5.85. The number of fused-ring (bicyclic) bond motifs is 1. The number of nitrogens with two attached hydrogens (primary N) is 1. The van der Waals surface area contributed by atoms with Crippen LogP contribution in [0.5, 0.6) is 0 Å². The SMILES string of the molecule is [2H]CC(=O)OC[C@H]1OC(n2cnc3c(Cl)nc(N)nc32)[C@H](OC(=O)C[2H])[C@@H]1OC(=O)C[2H]. The second kappa shape index (κ2) is 8.17. The topological polar surface area (TPSA) is 158 Å². The maximum Gasteiger partial charge on any atom is 0.303 e. The number of imidazole rings is 1. The molecule has 2 N–H and O–H groups in total. The van der Waals surface area contributed by atoms with Crippen LogP contribution in [0.3, 0.4) is 0 Å².